The molecule has 2 rings (SSSR count). The van der Waals surface area contributed by atoms with Crippen molar-refractivity contribution < 1.29 is 25.8 Å². The third kappa shape index (κ3) is 3.48. The van der Waals surface area contributed by atoms with Crippen LogP contribution in [0.4, 0.5) is 13.2 Å². The Bertz CT molecular complexity index is 804. The van der Waals surface area contributed by atoms with E-state index >= 15 is 0 Å². The molecule has 0 aliphatic carbocycles. The summed E-state index contributed by atoms with van der Waals surface area (Å²) in [6.07, 6.45) is 0. The smallest absolute Gasteiger partial charge is 0.375 e. The molecule has 3 nitrogen and oxygen atoms in total. The first kappa shape index (κ1) is 16.9. The fourth-order valence-electron chi connectivity index (χ4n) is 1.64. The van der Waals surface area contributed by atoms with Gasteiger partial charge in [0.15, 0.2) is 5.75 Å². The maximum absolute atomic E-state index is 12.4. The van der Waals surface area contributed by atoms with Crippen LogP contribution in [-0.4, -0.2) is 13.9 Å². The lowest BCUT2D eigenvalue weighted by molar-refractivity contribution is -0.0499. The molecule has 9 heteroatoms. The van der Waals surface area contributed by atoms with E-state index in [0.717, 1.165) is 6.07 Å². The van der Waals surface area contributed by atoms with Crippen LogP contribution in [0.2, 0.25) is 10.0 Å². The third-order valence-corrected chi connectivity index (χ3v) is 4.11. The molecule has 0 saturated carbocycles. The van der Waals surface area contributed by atoms with Gasteiger partial charge in [0.2, 0.25) is 0 Å². The first-order chi connectivity index (χ1) is 10.1. The highest BCUT2D eigenvalue weighted by molar-refractivity contribution is 7.88. The number of halogens is 5. The monoisotopic (exact) mass is 370 g/mol. The van der Waals surface area contributed by atoms with E-state index in [0.29, 0.717) is 10.6 Å². The van der Waals surface area contributed by atoms with Crippen molar-refractivity contribution in [3.05, 3.63) is 52.5 Å². The highest BCUT2D eigenvalue weighted by Crippen LogP contribution is 2.38. The number of hydrogen-bond donors (Lipinski definition) is 0. The predicted molar refractivity (Wildman–Crippen MR) is 77.5 cm³/mol. The van der Waals surface area contributed by atoms with Gasteiger partial charge in [0.1, 0.15) is 0 Å². The highest BCUT2D eigenvalue weighted by atomic mass is 35.5. The summed E-state index contributed by atoms with van der Waals surface area (Å²) in [4.78, 5) is 0. The van der Waals surface area contributed by atoms with Crippen molar-refractivity contribution in [2.24, 2.45) is 0 Å². The highest BCUT2D eigenvalue weighted by Gasteiger charge is 2.48. The molecule has 0 amide bonds. The standard InChI is InChI=1S/C13H7Cl2F3O3S/c14-8-5-6-9(11(15)7-8)10-3-1-2-4-12(10)21-22(19,20)13(16,17)18/h1-7H. The molecule has 0 radical (unpaired) electrons. The van der Waals surface area contributed by atoms with Gasteiger partial charge in [-0.15, -0.1) is 0 Å². The molecule has 0 bridgehead atoms. The second kappa shape index (κ2) is 5.98. The zero-order valence-corrected chi connectivity index (χ0v) is 12.9. The Morgan fingerprint density at radius 2 is 1.59 bits per heavy atom. The van der Waals surface area contributed by atoms with Crippen LogP contribution in [0.15, 0.2) is 42.5 Å². The number of alkyl halides is 3. The summed E-state index contributed by atoms with van der Waals surface area (Å²) in [7, 11) is -5.77. The zero-order chi connectivity index (χ0) is 16.5. The van der Waals surface area contributed by atoms with Crippen molar-refractivity contribution in [1.82, 2.24) is 0 Å². The molecule has 2 aromatic rings. The van der Waals surface area contributed by atoms with Gasteiger partial charge in [-0.25, -0.2) is 0 Å². The van der Waals surface area contributed by atoms with Crippen LogP contribution in [0, 0.1) is 0 Å². The Balaban J connectivity index is 2.53. The summed E-state index contributed by atoms with van der Waals surface area (Å²) >= 11 is 11.7. The second-order valence-corrected chi connectivity index (χ2v) is 6.48. The molecule has 22 heavy (non-hydrogen) atoms. The van der Waals surface area contributed by atoms with Gasteiger partial charge in [0, 0.05) is 16.1 Å². The first-order valence-electron chi connectivity index (χ1n) is 5.67. The van der Waals surface area contributed by atoms with Crippen molar-refractivity contribution in [2.45, 2.75) is 5.51 Å². The first-order valence-corrected chi connectivity index (χ1v) is 7.83. The number of hydrogen-bond acceptors (Lipinski definition) is 3. The van der Waals surface area contributed by atoms with Crippen molar-refractivity contribution in [1.29, 1.82) is 0 Å². The van der Waals surface area contributed by atoms with Gasteiger partial charge in [-0.2, -0.15) is 21.6 Å². The van der Waals surface area contributed by atoms with E-state index in [1.807, 2.05) is 0 Å². The van der Waals surface area contributed by atoms with Crippen LogP contribution >= 0.6 is 23.2 Å². The Kier molecular flexibility index (Phi) is 4.60. The minimum Gasteiger partial charge on any atom is -0.375 e. The van der Waals surface area contributed by atoms with Gasteiger partial charge < -0.3 is 4.18 Å². The number of rotatable bonds is 3. The van der Waals surface area contributed by atoms with E-state index in [-0.39, 0.29) is 10.6 Å². The van der Waals surface area contributed by atoms with Crippen LogP contribution in [0.1, 0.15) is 0 Å². The van der Waals surface area contributed by atoms with Crippen LogP contribution in [0.3, 0.4) is 0 Å². The number of benzene rings is 2. The van der Waals surface area contributed by atoms with Gasteiger partial charge in [-0.3, -0.25) is 0 Å². The summed E-state index contributed by atoms with van der Waals surface area (Å²) in [5.74, 6) is -0.482. The zero-order valence-electron chi connectivity index (χ0n) is 10.6. The van der Waals surface area contributed by atoms with E-state index in [1.165, 1.54) is 36.4 Å². The normalized spacial score (nSPS) is 12.2. The van der Waals surface area contributed by atoms with E-state index in [9.17, 15) is 21.6 Å². The molecule has 2 aromatic carbocycles. The summed E-state index contributed by atoms with van der Waals surface area (Å²) in [5, 5.41) is 0.475. The summed E-state index contributed by atoms with van der Waals surface area (Å²) < 4.78 is 63.8. The van der Waals surface area contributed by atoms with Crippen LogP contribution in [0.5, 0.6) is 5.75 Å². The Morgan fingerprint density at radius 1 is 0.955 bits per heavy atom. The summed E-state index contributed by atoms with van der Waals surface area (Å²) in [5.41, 5.74) is -5.14. The second-order valence-electron chi connectivity index (χ2n) is 4.10. The molecular formula is C13H7Cl2F3O3S. The molecule has 0 heterocycles. The van der Waals surface area contributed by atoms with E-state index in [4.69, 9.17) is 23.2 Å². The van der Waals surface area contributed by atoms with Crippen molar-refractivity contribution in [2.75, 3.05) is 0 Å². The van der Waals surface area contributed by atoms with Gasteiger partial charge >= 0.3 is 15.6 Å². The van der Waals surface area contributed by atoms with Gasteiger partial charge in [-0.1, -0.05) is 47.5 Å². The molecular weight excluding hydrogens is 364 g/mol. The third-order valence-electron chi connectivity index (χ3n) is 2.59. The van der Waals surface area contributed by atoms with Crippen LogP contribution in [-0.2, 0) is 10.1 Å². The average molecular weight is 371 g/mol. The van der Waals surface area contributed by atoms with Crippen molar-refractivity contribution in [3.8, 4) is 16.9 Å². The summed E-state index contributed by atoms with van der Waals surface area (Å²) in [6, 6.07) is 9.64. The Hall–Kier alpha value is -1.44. The molecule has 0 aliphatic rings. The van der Waals surface area contributed by atoms with E-state index in [2.05, 4.69) is 4.18 Å². The van der Waals surface area contributed by atoms with Crippen molar-refractivity contribution in [3.63, 3.8) is 0 Å². The lowest BCUT2D eigenvalue weighted by Gasteiger charge is -2.13. The van der Waals surface area contributed by atoms with Gasteiger partial charge in [-0.05, 0) is 18.2 Å². The lowest BCUT2D eigenvalue weighted by Crippen LogP contribution is -2.28. The van der Waals surface area contributed by atoms with Crippen molar-refractivity contribution >= 4 is 33.3 Å². The largest absolute Gasteiger partial charge is 0.534 e. The van der Waals surface area contributed by atoms with E-state index < -0.39 is 21.4 Å². The Labute approximate surface area is 134 Å². The minimum atomic E-state index is -5.77. The molecule has 0 aromatic heterocycles. The van der Waals surface area contributed by atoms with Crippen LogP contribution < -0.4 is 4.18 Å². The summed E-state index contributed by atoms with van der Waals surface area (Å²) in [6.45, 7) is 0. The molecule has 0 spiro atoms. The predicted octanol–water partition coefficient (Wildman–Crippen LogP) is 4.89. The van der Waals surface area contributed by atoms with Gasteiger partial charge in [0.05, 0.1) is 5.02 Å². The lowest BCUT2D eigenvalue weighted by atomic mass is 10.0. The minimum absolute atomic E-state index is 0.0944. The van der Waals surface area contributed by atoms with Gasteiger partial charge in [0.25, 0.3) is 0 Å². The fourth-order valence-corrected chi connectivity index (χ4v) is 2.62. The van der Waals surface area contributed by atoms with E-state index in [1.54, 1.807) is 0 Å². The maximum Gasteiger partial charge on any atom is 0.534 e. The van der Waals surface area contributed by atoms with Crippen LogP contribution in [0.25, 0.3) is 11.1 Å². The fraction of sp³-hybridized carbons (Fsp3) is 0.0769. The molecule has 0 aliphatic heterocycles. The SMILES string of the molecule is O=S(=O)(Oc1ccccc1-c1ccc(Cl)cc1Cl)C(F)(F)F. The maximum atomic E-state index is 12.4. The Morgan fingerprint density at radius 3 is 2.18 bits per heavy atom. The molecule has 0 unspecified atom stereocenters. The average Bonchev–Trinajstić information content (AvgIpc) is 2.38. The quantitative estimate of drug-likeness (QED) is 0.570. The molecule has 0 N–H and O–H groups in total. The number of para-hydroxylation sites is 1. The molecule has 0 atom stereocenters. The molecule has 0 saturated heterocycles. The topological polar surface area (TPSA) is 43.4 Å². The molecule has 0 fully saturated rings. The molecule has 118 valence electrons.